The second-order valence-electron chi connectivity index (χ2n) is 6.85. The summed E-state index contributed by atoms with van der Waals surface area (Å²) >= 11 is 0. The highest BCUT2D eigenvalue weighted by molar-refractivity contribution is 6.15. The van der Waals surface area contributed by atoms with Gasteiger partial charge in [-0.1, -0.05) is 12.1 Å². The molecular weight excluding hydrogens is 380 g/mol. The molecule has 0 atom stereocenters. The third-order valence-corrected chi connectivity index (χ3v) is 4.90. The van der Waals surface area contributed by atoms with Gasteiger partial charge in [0.25, 0.3) is 0 Å². The van der Waals surface area contributed by atoms with Crippen molar-refractivity contribution in [1.82, 2.24) is 0 Å². The monoisotopic (exact) mass is 408 g/mol. The standard InChI is InChI=1S/C25H28O5/c1-5-29-23-15-17(7-11-21(23)27-3)13-19-9-10-20(25(19)26)14-18-8-12-22(28-4)24(16-18)30-6-2/h7-8,11-16H,5-6,9-10H2,1-4H3/b19-13+,20-14+. The fourth-order valence-electron chi connectivity index (χ4n) is 3.48. The van der Waals surface area contributed by atoms with Crippen LogP contribution in [0.3, 0.4) is 0 Å². The van der Waals surface area contributed by atoms with Crippen LogP contribution in [-0.4, -0.2) is 33.2 Å². The van der Waals surface area contributed by atoms with Gasteiger partial charge in [0.1, 0.15) is 0 Å². The molecule has 2 aromatic rings. The summed E-state index contributed by atoms with van der Waals surface area (Å²) in [6.45, 7) is 4.96. The third-order valence-electron chi connectivity index (χ3n) is 4.90. The predicted molar refractivity (Wildman–Crippen MR) is 119 cm³/mol. The molecule has 0 spiro atoms. The van der Waals surface area contributed by atoms with Crippen molar-refractivity contribution in [3.05, 3.63) is 58.7 Å². The van der Waals surface area contributed by atoms with Crippen LogP contribution >= 0.6 is 0 Å². The van der Waals surface area contributed by atoms with Crippen LogP contribution in [-0.2, 0) is 4.79 Å². The molecule has 1 fully saturated rings. The maximum Gasteiger partial charge on any atom is 0.185 e. The van der Waals surface area contributed by atoms with E-state index in [0.29, 0.717) is 36.2 Å². The minimum atomic E-state index is 0.0811. The molecule has 0 amide bonds. The average Bonchev–Trinajstić information content (AvgIpc) is 3.08. The summed E-state index contributed by atoms with van der Waals surface area (Å²) in [7, 11) is 3.23. The molecule has 1 aliphatic carbocycles. The van der Waals surface area contributed by atoms with Crippen molar-refractivity contribution in [1.29, 1.82) is 0 Å². The molecule has 1 aliphatic rings. The maximum absolute atomic E-state index is 12.9. The van der Waals surface area contributed by atoms with E-state index in [0.717, 1.165) is 35.1 Å². The molecule has 0 unspecified atom stereocenters. The highest BCUT2D eigenvalue weighted by atomic mass is 16.5. The van der Waals surface area contributed by atoms with Crippen LogP contribution in [0.5, 0.6) is 23.0 Å². The van der Waals surface area contributed by atoms with E-state index >= 15 is 0 Å². The molecule has 158 valence electrons. The Balaban J connectivity index is 1.84. The Morgan fingerprint density at radius 1 is 0.733 bits per heavy atom. The van der Waals surface area contributed by atoms with Crippen molar-refractivity contribution in [2.45, 2.75) is 26.7 Å². The van der Waals surface area contributed by atoms with Crippen molar-refractivity contribution in [3.8, 4) is 23.0 Å². The topological polar surface area (TPSA) is 54.0 Å². The van der Waals surface area contributed by atoms with Gasteiger partial charge in [-0.05, 0) is 74.2 Å². The van der Waals surface area contributed by atoms with Crippen LogP contribution in [0.1, 0.15) is 37.8 Å². The van der Waals surface area contributed by atoms with Gasteiger partial charge in [0.05, 0.1) is 27.4 Å². The summed E-state index contributed by atoms with van der Waals surface area (Å²) in [5.41, 5.74) is 3.44. The van der Waals surface area contributed by atoms with Crippen LogP contribution in [0, 0.1) is 0 Å². The number of hydrogen-bond donors (Lipinski definition) is 0. The number of carbonyl (C=O) groups excluding carboxylic acids is 1. The van der Waals surface area contributed by atoms with Crippen LogP contribution in [0.15, 0.2) is 47.5 Å². The second-order valence-corrected chi connectivity index (χ2v) is 6.85. The average molecular weight is 408 g/mol. The predicted octanol–water partition coefficient (Wildman–Crippen LogP) is 5.33. The fourth-order valence-corrected chi connectivity index (χ4v) is 3.48. The molecule has 0 saturated heterocycles. The highest BCUT2D eigenvalue weighted by Crippen LogP contribution is 2.34. The smallest absolute Gasteiger partial charge is 0.185 e. The fraction of sp³-hybridized carbons (Fsp3) is 0.320. The normalized spacial score (nSPS) is 16.2. The van der Waals surface area contributed by atoms with E-state index in [2.05, 4.69) is 0 Å². The Kier molecular flexibility index (Phi) is 7.17. The zero-order chi connectivity index (χ0) is 21.5. The van der Waals surface area contributed by atoms with Gasteiger partial charge in [0, 0.05) is 11.1 Å². The summed E-state index contributed by atoms with van der Waals surface area (Å²) in [5.74, 6) is 2.80. The molecule has 3 rings (SSSR count). The Morgan fingerprint density at radius 3 is 1.53 bits per heavy atom. The van der Waals surface area contributed by atoms with Crippen molar-refractivity contribution in [2.75, 3.05) is 27.4 Å². The molecule has 0 radical (unpaired) electrons. The lowest BCUT2D eigenvalue weighted by atomic mass is 10.1. The van der Waals surface area contributed by atoms with Gasteiger partial charge in [-0.15, -0.1) is 0 Å². The van der Waals surface area contributed by atoms with Crippen LogP contribution < -0.4 is 18.9 Å². The number of hydrogen-bond acceptors (Lipinski definition) is 5. The molecule has 0 N–H and O–H groups in total. The molecule has 0 bridgehead atoms. The number of ether oxygens (including phenoxy) is 4. The Morgan fingerprint density at radius 2 is 1.17 bits per heavy atom. The summed E-state index contributed by atoms with van der Waals surface area (Å²) in [5, 5.41) is 0. The van der Waals surface area contributed by atoms with E-state index in [1.807, 2.05) is 62.4 Å². The van der Waals surface area contributed by atoms with Crippen LogP contribution in [0.2, 0.25) is 0 Å². The van der Waals surface area contributed by atoms with Gasteiger partial charge in [-0.2, -0.15) is 0 Å². The van der Waals surface area contributed by atoms with Crippen molar-refractivity contribution >= 4 is 17.9 Å². The van der Waals surface area contributed by atoms with E-state index < -0.39 is 0 Å². The second kappa shape index (κ2) is 10.0. The lowest BCUT2D eigenvalue weighted by molar-refractivity contribution is -0.111. The number of ketones is 1. The molecule has 0 aromatic heterocycles. The molecular formula is C25H28O5. The third kappa shape index (κ3) is 4.85. The quantitative estimate of drug-likeness (QED) is 0.553. The molecule has 1 saturated carbocycles. The zero-order valence-corrected chi connectivity index (χ0v) is 18.0. The molecule has 0 heterocycles. The van der Waals surface area contributed by atoms with E-state index in [9.17, 15) is 4.79 Å². The number of allylic oxidation sites excluding steroid dienone is 2. The van der Waals surface area contributed by atoms with Crippen molar-refractivity contribution in [2.24, 2.45) is 0 Å². The lowest BCUT2D eigenvalue weighted by Crippen LogP contribution is -1.98. The maximum atomic E-state index is 12.9. The number of benzene rings is 2. The number of rotatable bonds is 8. The Labute approximate surface area is 177 Å². The summed E-state index contributed by atoms with van der Waals surface area (Å²) < 4.78 is 21.9. The first-order valence-electron chi connectivity index (χ1n) is 10.2. The minimum absolute atomic E-state index is 0.0811. The van der Waals surface area contributed by atoms with E-state index in [1.54, 1.807) is 14.2 Å². The summed E-state index contributed by atoms with van der Waals surface area (Å²) in [6, 6.07) is 11.4. The van der Waals surface area contributed by atoms with Crippen molar-refractivity contribution in [3.63, 3.8) is 0 Å². The first-order chi connectivity index (χ1) is 14.6. The molecule has 5 heteroatoms. The summed E-state index contributed by atoms with van der Waals surface area (Å²) in [4.78, 5) is 12.9. The van der Waals surface area contributed by atoms with Crippen LogP contribution in [0.4, 0.5) is 0 Å². The molecule has 2 aromatic carbocycles. The number of carbonyl (C=O) groups is 1. The number of Topliss-reactive ketones (excluding diaryl/α,β-unsaturated/α-hetero) is 1. The molecule has 0 aliphatic heterocycles. The van der Waals surface area contributed by atoms with E-state index in [4.69, 9.17) is 18.9 Å². The van der Waals surface area contributed by atoms with Gasteiger partial charge in [0.2, 0.25) is 0 Å². The first-order valence-corrected chi connectivity index (χ1v) is 10.2. The Hall–Kier alpha value is -3.21. The Bertz CT molecular complexity index is 894. The van der Waals surface area contributed by atoms with E-state index in [1.165, 1.54) is 0 Å². The minimum Gasteiger partial charge on any atom is -0.493 e. The van der Waals surface area contributed by atoms with Gasteiger partial charge >= 0.3 is 0 Å². The SMILES string of the molecule is CCOc1cc(/C=C2\CC/C(=C\c3ccc(OC)c(OCC)c3)C2=O)ccc1OC. The largest absolute Gasteiger partial charge is 0.493 e. The lowest BCUT2D eigenvalue weighted by Gasteiger charge is -2.10. The summed E-state index contributed by atoms with van der Waals surface area (Å²) in [6.07, 6.45) is 5.31. The van der Waals surface area contributed by atoms with Gasteiger partial charge in [-0.3, -0.25) is 4.79 Å². The molecule has 5 nitrogen and oxygen atoms in total. The van der Waals surface area contributed by atoms with E-state index in [-0.39, 0.29) is 5.78 Å². The highest BCUT2D eigenvalue weighted by Gasteiger charge is 2.23. The first kappa shape index (κ1) is 21.5. The van der Waals surface area contributed by atoms with Crippen molar-refractivity contribution < 1.29 is 23.7 Å². The molecule has 30 heavy (non-hydrogen) atoms. The number of methoxy groups -OCH3 is 2. The van der Waals surface area contributed by atoms with Gasteiger partial charge in [0.15, 0.2) is 28.8 Å². The van der Waals surface area contributed by atoms with Gasteiger partial charge in [-0.25, -0.2) is 0 Å². The van der Waals surface area contributed by atoms with Gasteiger partial charge < -0.3 is 18.9 Å². The zero-order valence-electron chi connectivity index (χ0n) is 18.0. The van der Waals surface area contributed by atoms with Crippen LogP contribution in [0.25, 0.3) is 12.2 Å².